The van der Waals surface area contributed by atoms with Gasteiger partial charge in [-0.2, -0.15) is 0 Å². The fraction of sp³-hybridized carbons (Fsp3) is 0.200. The van der Waals surface area contributed by atoms with Crippen LogP contribution in [0.15, 0.2) is 42.6 Å². The second kappa shape index (κ2) is 7.26. The predicted molar refractivity (Wildman–Crippen MR) is 85.2 cm³/mol. The van der Waals surface area contributed by atoms with Gasteiger partial charge in [0.15, 0.2) is 0 Å². The maximum Gasteiger partial charge on any atom is 0.321 e. The van der Waals surface area contributed by atoms with Gasteiger partial charge in [-0.25, -0.2) is 14.2 Å². The Morgan fingerprint density at radius 3 is 2.77 bits per heavy atom. The van der Waals surface area contributed by atoms with E-state index < -0.39 is 5.82 Å². The molecule has 4 N–H and O–H groups in total. The zero-order valence-electron chi connectivity index (χ0n) is 12.2. The number of rotatable bonds is 5. The Kier molecular flexibility index (Phi) is 5.13. The maximum atomic E-state index is 13.5. The van der Waals surface area contributed by atoms with Crippen molar-refractivity contribution in [1.82, 2.24) is 9.88 Å². The van der Waals surface area contributed by atoms with Crippen molar-refractivity contribution in [3.63, 3.8) is 0 Å². The summed E-state index contributed by atoms with van der Waals surface area (Å²) < 4.78 is 13.5. The van der Waals surface area contributed by atoms with E-state index in [1.54, 1.807) is 37.5 Å². The van der Waals surface area contributed by atoms with Crippen molar-refractivity contribution in [2.75, 3.05) is 36.5 Å². The Balaban J connectivity index is 1.79. The topological polar surface area (TPSA) is 83.3 Å². The standard InChI is InChI=1S/C15H18FN5O/c1-21(9-8-18-14-7-6-11(17)10-19-14)15(22)20-13-5-3-2-4-12(13)16/h2-7,10H,8-9,17H2,1H3,(H,18,19)(H,20,22). The van der Waals surface area contributed by atoms with Crippen LogP contribution in [-0.4, -0.2) is 36.1 Å². The van der Waals surface area contributed by atoms with Crippen molar-refractivity contribution < 1.29 is 9.18 Å². The molecule has 1 aromatic heterocycles. The molecule has 6 nitrogen and oxygen atoms in total. The number of nitrogen functional groups attached to an aromatic ring is 1. The lowest BCUT2D eigenvalue weighted by atomic mass is 10.3. The summed E-state index contributed by atoms with van der Waals surface area (Å²) in [7, 11) is 1.63. The van der Waals surface area contributed by atoms with Gasteiger partial charge >= 0.3 is 6.03 Å². The van der Waals surface area contributed by atoms with Gasteiger partial charge in [-0.05, 0) is 24.3 Å². The molecule has 1 heterocycles. The van der Waals surface area contributed by atoms with Crippen LogP contribution >= 0.6 is 0 Å². The molecule has 2 aromatic rings. The number of carbonyl (C=O) groups is 1. The summed E-state index contributed by atoms with van der Waals surface area (Å²) in [6, 6.07) is 9.16. The van der Waals surface area contributed by atoms with E-state index in [4.69, 9.17) is 5.73 Å². The molecule has 0 aliphatic heterocycles. The van der Waals surface area contributed by atoms with Gasteiger partial charge in [-0.1, -0.05) is 12.1 Å². The monoisotopic (exact) mass is 303 g/mol. The molecule has 0 unspecified atom stereocenters. The fourth-order valence-electron chi connectivity index (χ4n) is 1.74. The fourth-order valence-corrected chi connectivity index (χ4v) is 1.74. The van der Waals surface area contributed by atoms with Crippen LogP contribution in [-0.2, 0) is 0 Å². The minimum Gasteiger partial charge on any atom is -0.397 e. The number of carbonyl (C=O) groups excluding carboxylic acids is 1. The van der Waals surface area contributed by atoms with Gasteiger partial charge in [-0.15, -0.1) is 0 Å². The zero-order chi connectivity index (χ0) is 15.9. The largest absolute Gasteiger partial charge is 0.397 e. The summed E-state index contributed by atoms with van der Waals surface area (Å²) >= 11 is 0. The third-order valence-corrected chi connectivity index (χ3v) is 3.00. The van der Waals surface area contributed by atoms with Gasteiger partial charge in [0.25, 0.3) is 0 Å². The maximum absolute atomic E-state index is 13.5. The minimum absolute atomic E-state index is 0.160. The molecule has 2 amide bonds. The molecular formula is C15H18FN5O. The van der Waals surface area contributed by atoms with Crippen LogP contribution in [0, 0.1) is 5.82 Å². The normalized spacial score (nSPS) is 10.1. The molecule has 7 heteroatoms. The number of benzene rings is 1. The third-order valence-electron chi connectivity index (χ3n) is 3.00. The molecule has 0 aliphatic rings. The summed E-state index contributed by atoms with van der Waals surface area (Å²) in [5.74, 6) is 0.213. The lowest BCUT2D eigenvalue weighted by Crippen LogP contribution is -2.35. The average Bonchev–Trinajstić information content (AvgIpc) is 2.51. The van der Waals surface area contributed by atoms with Crippen molar-refractivity contribution in [2.45, 2.75) is 0 Å². The molecule has 116 valence electrons. The minimum atomic E-state index is -0.464. The zero-order valence-corrected chi connectivity index (χ0v) is 12.2. The first-order valence-electron chi connectivity index (χ1n) is 6.78. The number of amides is 2. The molecule has 0 atom stereocenters. The molecular weight excluding hydrogens is 285 g/mol. The molecule has 0 aliphatic carbocycles. The van der Waals surface area contributed by atoms with Gasteiger partial charge in [0, 0.05) is 20.1 Å². The number of aromatic nitrogens is 1. The first kappa shape index (κ1) is 15.6. The lowest BCUT2D eigenvalue weighted by molar-refractivity contribution is 0.224. The summed E-state index contributed by atoms with van der Waals surface area (Å²) in [6.45, 7) is 0.949. The number of para-hydroxylation sites is 1. The van der Waals surface area contributed by atoms with E-state index in [-0.39, 0.29) is 11.7 Å². The van der Waals surface area contributed by atoms with Crippen molar-refractivity contribution in [3.8, 4) is 0 Å². The smallest absolute Gasteiger partial charge is 0.321 e. The van der Waals surface area contributed by atoms with E-state index >= 15 is 0 Å². The Labute approximate surface area is 128 Å². The van der Waals surface area contributed by atoms with Gasteiger partial charge < -0.3 is 21.3 Å². The SMILES string of the molecule is CN(CCNc1ccc(N)cn1)C(=O)Nc1ccccc1F. The lowest BCUT2D eigenvalue weighted by Gasteiger charge is -2.18. The molecule has 0 bridgehead atoms. The number of hydrogen-bond acceptors (Lipinski definition) is 4. The van der Waals surface area contributed by atoms with Gasteiger partial charge in [-0.3, -0.25) is 0 Å². The molecule has 0 radical (unpaired) electrons. The molecule has 1 aromatic carbocycles. The van der Waals surface area contributed by atoms with E-state index in [1.165, 1.54) is 17.0 Å². The van der Waals surface area contributed by atoms with Gasteiger partial charge in [0.2, 0.25) is 0 Å². The number of likely N-dealkylation sites (N-methyl/N-ethyl adjacent to an activating group) is 1. The van der Waals surface area contributed by atoms with Crippen LogP contribution in [0.5, 0.6) is 0 Å². The molecule has 2 rings (SSSR count). The Bertz CT molecular complexity index is 632. The molecule has 22 heavy (non-hydrogen) atoms. The highest BCUT2D eigenvalue weighted by Crippen LogP contribution is 2.12. The number of hydrogen-bond donors (Lipinski definition) is 3. The quantitative estimate of drug-likeness (QED) is 0.792. The van der Waals surface area contributed by atoms with Crippen LogP contribution in [0.4, 0.5) is 26.4 Å². The summed E-state index contributed by atoms with van der Waals surface area (Å²) in [4.78, 5) is 17.5. The molecule has 0 fully saturated rings. The van der Waals surface area contributed by atoms with Crippen LogP contribution in [0.1, 0.15) is 0 Å². The Hall–Kier alpha value is -2.83. The number of pyridine rings is 1. The van der Waals surface area contributed by atoms with Crippen LogP contribution in [0.3, 0.4) is 0 Å². The number of anilines is 3. The van der Waals surface area contributed by atoms with Crippen molar-refractivity contribution >= 4 is 23.2 Å². The number of nitrogens with one attached hydrogen (secondary N) is 2. The average molecular weight is 303 g/mol. The second-order valence-corrected chi connectivity index (χ2v) is 4.74. The van der Waals surface area contributed by atoms with Crippen LogP contribution in [0.25, 0.3) is 0 Å². The highest BCUT2D eigenvalue weighted by Gasteiger charge is 2.10. The van der Waals surface area contributed by atoms with Crippen LogP contribution < -0.4 is 16.4 Å². The van der Waals surface area contributed by atoms with Gasteiger partial charge in [0.05, 0.1) is 17.6 Å². The highest BCUT2D eigenvalue weighted by molar-refractivity contribution is 5.89. The van der Waals surface area contributed by atoms with Gasteiger partial charge in [0.1, 0.15) is 11.6 Å². The Morgan fingerprint density at radius 1 is 1.32 bits per heavy atom. The Morgan fingerprint density at radius 2 is 2.09 bits per heavy atom. The van der Waals surface area contributed by atoms with Crippen molar-refractivity contribution in [3.05, 3.63) is 48.4 Å². The van der Waals surface area contributed by atoms with Crippen molar-refractivity contribution in [1.29, 1.82) is 0 Å². The van der Waals surface area contributed by atoms with E-state index in [0.717, 1.165) is 0 Å². The van der Waals surface area contributed by atoms with E-state index in [9.17, 15) is 9.18 Å². The number of nitrogens with zero attached hydrogens (tertiary/aromatic N) is 2. The van der Waals surface area contributed by atoms with Crippen LogP contribution in [0.2, 0.25) is 0 Å². The summed E-state index contributed by atoms with van der Waals surface area (Å²) in [5, 5.41) is 5.59. The van der Waals surface area contributed by atoms with E-state index in [1.807, 2.05) is 0 Å². The predicted octanol–water partition coefficient (Wildman–Crippen LogP) is 2.38. The molecule has 0 saturated heterocycles. The number of nitrogens with two attached hydrogens (primary N) is 1. The van der Waals surface area contributed by atoms with Crippen molar-refractivity contribution in [2.24, 2.45) is 0 Å². The number of halogens is 1. The van der Waals surface area contributed by atoms with E-state index in [2.05, 4.69) is 15.6 Å². The first-order valence-corrected chi connectivity index (χ1v) is 6.78. The summed E-state index contributed by atoms with van der Waals surface area (Å²) in [6.07, 6.45) is 1.55. The number of urea groups is 1. The second-order valence-electron chi connectivity index (χ2n) is 4.74. The summed E-state index contributed by atoms with van der Waals surface area (Å²) in [5.41, 5.74) is 6.30. The third kappa shape index (κ3) is 4.34. The molecule has 0 saturated carbocycles. The molecule has 0 spiro atoms. The first-order chi connectivity index (χ1) is 10.6. The van der Waals surface area contributed by atoms with E-state index in [0.29, 0.717) is 24.6 Å². The highest BCUT2D eigenvalue weighted by atomic mass is 19.1.